The van der Waals surface area contributed by atoms with Gasteiger partial charge in [-0.05, 0) is 29.8 Å². The minimum absolute atomic E-state index is 0.00544. The van der Waals surface area contributed by atoms with Crippen molar-refractivity contribution in [2.24, 2.45) is 4.99 Å². The van der Waals surface area contributed by atoms with Crippen molar-refractivity contribution in [2.75, 3.05) is 16.4 Å². The molecule has 2 aromatic rings. The van der Waals surface area contributed by atoms with Gasteiger partial charge in [0.1, 0.15) is 5.82 Å². The molecule has 4 rings (SSSR count). The van der Waals surface area contributed by atoms with Crippen LogP contribution in [0.1, 0.15) is 5.56 Å². The molecule has 2 aromatic carbocycles. The molecule has 0 aliphatic carbocycles. The number of carbonyl (C=O) groups is 1. The molecule has 0 saturated carbocycles. The van der Waals surface area contributed by atoms with Crippen LogP contribution in [-0.2, 0) is 21.1 Å². The third-order valence-electron chi connectivity index (χ3n) is 4.77. The van der Waals surface area contributed by atoms with Crippen LogP contribution in [0.4, 0.5) is 10.1 Å². The first-order valence-electron chi connectivity index (χ1n) is 8.70. The molecule has 1 amide bonds. The monoisotopic (exact) mass is 472 g/mol. The third kappa shape index (κ3) is 4.30. The first-order valence-corrected chi connectivity index (χ1v) is 12.2. The minimum Gasteiger partial charge on any atom is -0.316 e. The van der Waals surface area contributed by atoms with Gasteiger partial charge in [-0.25, -0.2) is 12.8 Å². The molecule has 0 bridgehead atoms. The Balaban J connectivity index is 1.67. The number of fused-ring (bicyclic) bond motifs is 1. The highest BCUT2D eigenvalue weighted by molar-refractivity contribution is 8.16. The van der Waals surface area contributed by atoms with Crippen LogP contribution in [0.25, 0.3) is 0 Å². The fourth-order valence-electron chi connectivity index (χ4n) is 3.45. The first-order chi connectivity index (χ1) is 13.7. The van der Waals surface area contributed by atoms with Gasteiger partial charge >= 0.3 is 0 Å². The number of hydrogen-bond donors (Lipinski definition) is 0. The van der Waals surface area contributed by atoms with Crippen molar-refractivity contribution in [3.05, 3.63) is 63.9 Å². The summed E-state index contributed by atoms with van der Waals surface area (Å²) in [6.07, 6.45) is 0.0232. The van der Waals surface area contributed by atoms with E-state index < -0.39 is 27.6 Å². The summed E-state index contributed by atoms with van der Waals surface area (Å²) >= 11 is 13.3. The first kappa shape index (κ1) is 20.7. The van der Waals surface area contributed by atoms with E-state index >= 15 is 0 Å². The van der Waals surface area contributed by atoms with Crippen molar-refractivity contribution in [3.63, 3.8) is 0 Å². The van der Waals surface area contributed by atoms with E-state index in [4.69, 9.17) is 23.2 Å². The molecular formula is C19H15Cl2FN2O3S2. The summed E-state index contributed by atoms with van der Waals surface area (Å²) in [6, 6.07) is 10.7. The van der Waals surface area contributed by atoms with Gasteiger partial charge in [-0.15, -0.1) is 0 Å². The van der Waals surface area contributed by atoms with Crippen LogP contribution >= 0.6 is 35.0 Å². The van der Waals surface area contributed by atoms with Crippen LogP contribution in [0, 0.1) is 5.82 Å². The van der Waals surface area contributed by atoms with Crippen molar-refractivity contribution in [2.45, 2.75) is 17.7 Å². The largest absolute Gasteiger partial charge is 0.316 e. The predicted octanol–water partition coefficient (Wildman–Crippen LogP) is 3.98. The maximum atomic E-state index is 13.6. The van der Waals surface area contributed by atoms with Crippen molar-refractivity contribution < 1.29 is 17.6 Å². The predicted molar refractivity (Wildman–Crippen MR) is 115 cm³/mol. The Bertz CT molecular complexity index is 1120. The lowest BCUT2D eigenvalue weighted by molar-refractivity contribution is -0.117. The highest BCUT2D eigenvalue weighted by Crippen LogP contribution is 2.41. The molecule has 0 radical (unpaired) electrons. The average Bonchev–Trinajstić information content (AvgIpc) is 3.10. The molecule has 10 heteroatoms. The zero-order valence-electron chi connectivity index (χ0n) is 14.9. The lowest BCUT2D eigenvalue weighted by Gasteiger charge is -2.24. The quantitative estimate of drug-likeness (QED) is 0.675. The second-order valence-electron chi connectivity index (χ2n) is 6.83. The van der Waals surface area contributed by atoms with Crippen LogP contribution in [0.3, 0.4) is 0 Å². The zero-order chi connectivity index (χ0) is 20.8. The lowest BCUT2D eigenvalue weighted by Crippen LogP contribution is -2.37. The van der Waals surface area contributed by atoms with Crippen molar-refractivity contribution in [1.82, 2.24) is 0 Å². The Morgan fingerprint density at radius 1 is 1.17 bits per heavy atom. The number of amidine groups is 1. The van der Waals surface area contributed by atoms with E-state index in [2.05, 4.69) is 4.99 Å². The number of thioether (sulfide) groups is 1. The van der Waals surface area contributed by atoms with E-state index in [1.54, 1.807) is 29.2 Å². The number of amides is 1. The van der Waals surface area contributed by atoms with Gasteiger partial charge in [-0.1, -0.05) is 53.2 Å². The zero-order valence-corrected chi connectivity index (χ0v) is 18.0. The summed E-state index contributed by atoms with van der Waals surface area (Å²) in [7, 11) is -3.20. The minimum atomic E-state index is -3.20. The molecule has 29 heavy (non-hydrogen) atoms. The molecule has 0 aromatic heterocycles. The fourth-order valence-corrected chi connectivity index (χ4v) is 7.76. The summed E-state index contributed by atoms with van der Waals surface area (Å²) in [5.74, 6) is -1.03. The van der Waals surface area contributed by atoms with Gasteiger partial charge in [-0.2, -0.15) is 4.99 Å². The molecule has 5 nitrogen and oxygen atoms in total. The molecule has 2 fully saturated rings. The van der Waals surface area contributed by atoms with Gasteiger partial charge in [-0.3, -0.25) is 4.79 Å². The molecule has 0 N–H and O–H groups in total. The highest BCUT2D eigenvalue weighted by Gasteiger charge is 2.49. The number of nitrogens with zero attached hydrogens (tertiary/aromatic N) is 2. The maximum Gasteiger partial charge on any atom is 0.252 e. The Labute approximate surface area is 181 Å². The Morgan fingerprint density at radius 3 is 2.66 bits per heavy atom. The molecule has 2 atom stereocenters. The Morgan fingerprint density at radius 2 is 1.93 bits per heavy atom. The van der Waals surface area contributed by atoms with Gasteiger partial charge in [0.25, 0.3) is 5.91 Å². The second kappa shape index (κ2) is 7.91. The molecule has 2 saturated heterocycles. The van der Waals surface area contributed by atoms with Crippen molar-refractivity contribution >= 4 is 61.6 Å². The number of benzene rings is 2. The van der Waals surface area contributed by atoms with Crippen LogP contribution < -0.4 is 4.90 Å². The van der Waals surface area contributed by atoms with Gasteiger partial charge in [0.2, 0.25) is 0 Å². The Kier molecular flexibility index (Phi) is 5.63. The average molecular weight is 473 g/mol. The summed E-state index contributed by atoms with van der Waals surface area (Å²) in [5.41, 5.74) is 1.16. The van der Waals surface area contributed by atoms with Gasteiger partial charge in [0, 0.05) is 16.0 Å². The van der Waals surface area contributed by atoms with Crippen LogP contribution in [0.2, 0.25) is 10.0 Å². The maximum absolute atomic E-state index is 13.6. The topological polar surface area (TPSA) is 66.8 Å². The molecule has 2 aliphatic heterocycles. The number of halogens is 3. The lowest BCUT2D eigenvalue weighted by atomic mass is 10.1. The summed E-state index contributed by atoms with van der Waals surface area (Å²) < 4.78 is 37.8. The van der Waals surface area contributed by atoms with Gasteiger partial charge in [0.05, 0.1) is 29.0 Å². The van der Waals surface area contributed by atoms with Crippen LogP contribution in [0.5, 0.6) is 0 Å². The number of carbonyl (C=O) groups excluding carboxylic acids is 1. The van der Waals surface area contributed by atoms with Crippen molar-refractivity contribution in [1.29, 1.82) is 0 Å². The highest BCUT2D eigenvalue weighted by atomic mass is 35.5. The number of rotatable bonds is 3. The van der Waals surface area contributed by atoms with Crippen LogP contribution in [0.15, 0.2) is 47.5 Å². The van der Waals surface area contributed by atoms with E-state index in [1.165, 1.54) is 30.0 Å². The summed E-state index contributed by atoms with van der Waals surface area (Å²) in [4.78, 5) is 18.5. The summed E-state index contributed by atoms with van der Waals surface area (Å²) in [6.45, 7) is 0. The van der Waals surface area contributed by atoms with Crippen LogP contribution in [-0.4, -0.2) is 42.3 Å². The van der Waals surface area contributed by atoms with Crippen molar-refractivity contribution in [3.8, 4) is 0 Å². The van der Waals surface area contributed by atoms with E-state index in [0.29, 0.717) is 21.4 Å². The molecule has 152 valence electrons. The fraction of sp³-hybridized carbons (Fsp3) is 0.263. The SMILES string of the molecule is O=C(Cc1ccccc1Cl)N=C1S[C@H]2CS(=O)(=O)C[C@H]2N1c1ccc(F)c(Cl)c1. The summed E-state index contributed by atoms with van der Waals surface area (Å²) in [5, 5.41) is 0.522. The van der Waals surface area contributed by atoms with Gasteiger partial charge < -0.3 is 4.90 Å². The number of sulfone groups is 1. The number of aliphatic imine (C=N–C) groups is 1. The normalized spacial score (nSPS) is 24.1. The molecule has 2 aliphatic rings. The molecule has 0 unspecified atom stereocenters. The second-order valence-corrected chi connectivity index (χ2v) is 11.0. The number of anilines is 1. The smallest absolute Gasteiger partial charge is 0.252 e. The molecule has 0 spiro atoms. The van der Waals surface area contributed by atoms with E-state index in [9.17, 15) is 17.6 Å². The van der Waals surface area contributed by atoms with E-state index in [0.717, 1.165) is 0 Å². The standard InChI is InChI=1S/C19H15Cl2FN2O3S2/c20-13-4-2-1-3-11(13)7-18(25)23-19-24(12-5-6-15(22)14(21)8-12)16-9-29(26,27)10-17(16)28-19/h1-6,8,16-17H,7,9-10H2/t16-,17+/m1/s1. The Hall–Kier alpha value is -1.61. The molecule has 2 heterocycles. The third-order valence-corrected chi connectivity index (χ3v) is 8.64. The molecular weight excluding hydrogens is 458 g/mol. The van der Waals surface area contributed by atoms with E-state index in [-0.39, 0.29) is 28.2 Å². The van der Waals surface area contributed by atoms with Gasteiger partial charge in [0.15, 0.2) is 15.0 Å². The van der Waals surface area contributed by atoms with E-state index in [1.807, 2.05) is 0 Å². The number of hydrogen-bond acceptors (Lipinski definition) is 4.